The number of rotatable bonds is 5. The van der Waals surface area contributed by atoms with Gasteiger partial charge in [-0.15, -0.1) is 0 Å². The van der Waals surface area contributed by atoms with E-state index in [2.05, 4.69) is 27.4 Å². The largest absolute Gasteiger partial charge is 0.493 e. The zero-order chi connectivity index (χ0) is 23.3. The Morgan fingerprint density at radius 3 is 2.59 bits per heavy atom. The third kappa shape index (κ3) is 3.49. The lowest BCUT2D eigenvalue weighted by Crippen LogP contribution is -2.55. The van der Waals surface area contributed by atoms with Crippen molar-refractivity contribution < 1.29 is 23.7 Å². The highest BCUT2D eigenvalue weighted by atomic mass is 16.5. The SMILES string of the molecule is C=C1CC[C@@H]2C(C)(C)[C@@H](O)CC[C@@]2(C)[C@@H]1COc1c(OC)cc2ccc(=O)oc2c1OC. The number of aliphatic hydroxyl groups excluding tert-OH is 1. The summed E-state index contributed by atoms with van der Waals surface area (Å²) in [5.41, 5.74) is 0.881. The molecule has 2 fully saturated rings. The fourth-order valence-electron chi connectivity index (χ4n) is 6.25. The van der Waals surface area contributed by atoms with Crippen LogP contribution in [0, 0.1) is 22.7 Å². The Hall–Kier alpha value is -2.47. The Morgan fingerprint density at radius 2 is 1.91 bits per heavy atom. The third-order valence-electron chi connectivity index (χ3n) is 8.16. The second kappa shape index (κ2) is 8.14. The van der Waals surface area contributed by atoms with E-state index in [1.54, 1.807) is 19.2 Å². The van der Waals surface area contributed by atoms with Crippen molar-refractivity contribution >= 4 is 11.0 Å². The molecule has 1 heterocycles. The smallest absolute Gasteiger partial charge is 0.336 e. The van der Waals surface area contributed by atoms with Gasteiger partial charge in [0, 0.05) is 17.4 Å². The lowest BCUT2D eigenvalue weighted by Gasteiger charge is -2.59. The van der Waals surface area contributed by atoms with E-state index in [-0.39, 0.29) is 22.9 Å². The van der Waals surface area contributed by atoms with Gasteiger partial charge in [0.15, 0.2) is 11.3 Å². The highest BCUT2D eigenvalue weighted by molar-refractivity contribution is 5.88. The molecule has 0 unspecified atom stereocenters. The number of aliphatic hydroxyl groups is 1. The maximum Gasteiger partial charge on any atom is 0.336 e. The highest BCUT2D eigenvalue weighted by Crippen LogP contribution is 2.61. The van der Waals surface area contributed by atoms with Gasteiger partial charge in [-0.2, -0.15) is 0 Å². The topological polar surface area (TPSA) is 78.1 Å². The number of hydrogen-bond donors (Lipinski definition) is 1. The fraction of sp³-hybridized carbons (Fsp3) is 0.577. The molecule has 0 saturated heterocycles. The van der Waals surface area contributed by atoms with Crippen molar-refractivity contribution in [3.63, 3.8) is 0 Å². The Morgan fingerprint density at radius 1 is 1.16 bits per heavy atom. The van der Waals surface area contributed by atoms with Crippen LogP contribution in [0.15, 0.2) is 39.6 Å². The molecule has 2 aliphatic rings. The van der Waals surface area contributed by atoms with Gasteiger partial charge in [-0.1, -0.05) is 32.9 Å². The van der Waals surface area contributed by atoms with Crippen LogP contribution in [0.1, 0.15) is 46.5 Å². The van der Waals surface area contributed by atoms with Crippen LogP contribution in [0.3, 0.4) is 0 Å². The molecule has 4 rings (SSSR count). The molecule has 1 aromatic heterocycles. The molecule has 1 N–H and O–H groups in total. The average Bonchev–Trinajstić information content (AvgIpc) is 2.75. The zero-order valence-corrected chi connectivity index (χ0v) is 19.7. The fourth-order valence-corrected chi connectivity index (χ4v) is 6.25. The second-order valence-electron chi connectivity index (χ2n) is 10.1. The van der Waals surface area contributed by atoms with Gasteiger partial charge in [-0.05, 0) is 54.6 Å². The van der Waals surface area contributed by atoms with Crippen LogP contribution >= 0.6 is 0 Å². The summed E-state index contributed by atoms with van der Waals surface area (Å²) in [6.07, 6.45) is 3.36. The van der Waals surface area contributed by atoms with E-state index >= 15 is 0 Å². The molecule has 1 aromatic carbocycles. The molecule has 174 valence electrons. The molecule has 0 aliphatic heterocycles. The molecule has 4 atom stereocenters. The predicted molar refractivity (Wildman–Crippen MR) is 124 cm³/mol. The minimum absolute atomic E-state index is 0.0258. The molecule has 0 bridgehead atoms. The van der Waals surface area contributed by atoms with E-state index in [9.17, 15) is 9.90 Å². The molecule has 2 saturated carbocycles. The van der Waals surface area contributed by atoms with E-state index < -0.39 is 5.63 Å². The van der Waals surface area contributed by atoms with E-state index in [1.807, 2.05) is 0 Å². The Bertz CT molecular complexity index is 1080. The monoisotopic (exact) mass is 442 g/mol. The molecular weight excluding hydrogens is 408 g/mol. The number of methoxy groups -OCH3 is 2. The summed E-state index contributed by atoms with van der Waals surface area (Å²) in [4.78, 5) is 11.8. The Labute approximate surface area is 189 Å². The van der Waals surface area contributed by atoms with Crippen molar-refractivity contribution in [2.24, 2.45) is 22.7 Å². The minimum Gasteiger partial charge on any atom is -0.493 e. The van der Waals surface area contributed by atoms with Crippen LogP contribution in [-0.2, 0) is 0 Å². The van der Waals surface area contributed by atoms with Crippen molar-refractivity contribution in [2.45, 2.75) is 52.6 Å². The van der Waals surface area contributed by atoms with Crippen molar-refractivity contribution in [2.75, 3.05) is 20.8 Å². The predicted octanol–water partition coefficient (Wildman–Crippen LogP) is 4.96. The lowest BCUT2D eigenvalue weighted by atomic mass is 9.47. The summed E-state index contributed by atoms with van der Waals surface area (Å²) in [6.45, 7) is 11.5. The van der Waals surface area contributed by atoms with Gasteiger partial charge in [-0.25, -0.2) is 4.79 Å². The summed E-state index contributed by atoms with van der Waals surface area (Å²) in [5.74, 6) is 1.79. The summed E-state index contributed by atoms with van der Waals surface area (Å²) in [6, 6.07) is 4.84. The zero-order valence-electron chi connectivity index (χ0n) is 19.7. The first-order valence-electron chi connectivity index (χ1n) is 11.3. The Kier molecular flexibility index (Phi) is 5.78. The standard InChI is InChI=1S/C26H34O6/c1-15-7-9-19-25(2,3)20(27)11-12-26(19,4)17(15)14-31-23-18(29-5)13-16-8-10-21(28)32-22(16)24(23)30-6/h8,10,13,17,19-20,27H,1,7,9,11-12,14H2,2-6H3/t17-,19-,20+,26+/m1/s1. The lowest BCUT2D eigenvalue weighted by molar-refractivity contribution is -0.128. The first-order chi connectivity index (χ1) is 15.1. The Balaban J connectivity index is 1.71. The van der Waals surface area contributed by atoms with Gasteiger partial charge < -0.3 is 23.7 Å². The van der Waals surface area contributed by atoms with Crippen molar-refractivity contribution in [3.8, 4) is 17.2 Å². The number of ether oxygens (including phenoxy) is 3. The maximum atomic E-state index is 11.8. The van der Waals surface area contributed by atoms with Gasteiger partial charge in [0.05, 0.1) is 26.9 Å². The number of fused-ring (bicyclic) bond motifs is 2. The number of hydrogen-bond acceptors (Lipinski definition) is 6. The van der Waals surface area contributed by atoms with Gasteiger partial charge in [0.2, 0.25) is 11.5 Å². The summed E-state index contributed by atoms with van der Waals surface area (Å²) < 4.78 is 23.0. The molecule has 2 aliphatic carbocycles. The van der Waals surface area contributed by atoms with E-state index in [0.717, 1.165) is 25.7 Å². The first-order valence-corrected chi connectivity index (χ1v) is 11.3. The summed E-state index contributed by atoms with van der Waals surface area (Å²) in [5, 5.41) is 11.4. The van der Waals surface area contributed by atoms with Gasteiger partial charge >= 0.3 is 5.63 Å². The van der Waals surface area contributed by atoms with E-state index in [1.165, 1.54) is 18.7 Å². The van der Waals surface area contributed by atoms with Crippen LogP contribution in [0.4, 0.5) is 0 Å². The van der Waals surface area contributed by atoms with E-state index in [0.29, 0.717) is 40.7 Å². The average molecular weight is 443 g/mol. The molecule has 0 radical (unpaired) electrons. The molecule has 6 heteroatoms. The first kappa shape index (κ1) is 22.7. The minimum atomic E-state index is -0.453. The quantitative estimate of drug-likeness (QED) is 0.521. The molecule has 0 spiro atoms. The molecule has 6 nitrogen and oxygen atoms in total. The molecule has 0 amide bonds. The summed E-state index contributed by atoms with van der Waals surface area (Å²) >= 11 is 0. The van der Waals surface area contributed by atoms with Gasteiger partial charge in [0.1, 0.15) is 0 Å². The van der Waals surface area contributed by atoms with Crippen molar-refractivity contribution in [3.05, 3.63) is 40.8 Å². The summed E-state index contributed by atoms with van der Waals surface area (Å²) in [7, 11) is 3.10. The van der Waals surface area contributed by atoms with Gasteiger partial charge in [0.25, 0.3) is 0 Å². The molecular formula is C26H34O6. The van der Waals surface area contributed by atoms with Gasteiger partial charge in [-0.3, -0.25) is 0 Å². The van der Waals surface area contributed by atoms with Crippen LogP contribution in [-0.4, -0.2) is 32.0 Å². The van der Waals surface area contributed by atoms with E-state index in [4.69, 9.17) is 18.6 Å². The molecule has 2 aromatic rings. The van der Waals surface area contributed by atoms with Crippen molar-refractivity contribution in [1.82, 2.24) is 0 Å². The highest BCUT2D eigenvalue weighted by Gasteiger charge is 2.56. The normalized spacial score (nSPS) is 29.4. The van der Waals surface area contributed by atoms with Crippen molar-refractivity contribution in [1.29, 1.82) is 0 Å². The molecule has 32 heavy (non-hydrogen) atoms. The van der Waals surface area contributed by atoms with Crippen LogP contribution in [0.25, 0.3) is 11.0 Å². The maximum absolute atomic E-state index is 11.8. The van der Waals surface area contributed by atoms with Crippen LogP contribution < -0.4 is 19.8 Å². The second-order valence-corrected chi connectivity index (χ2v) is 10.1. The van der Waals surface area contributed by atoms with Crippen LogP contribution in [0.2, 0.25) is 0 Å². The third-order valence-corrected chi connectivity index (χ3v) is 8.16. The number of benzene rings is 1. The van der Waals surface area contributed by atoms with Crippen LogP contribution in [0.5, 0.6) is 17.2 Å².